The fourth-order valence-corrected chi connectivity index (χ4v) is 5.15. The molecule has 8 heteroatoms. The Hall–Kier alpha value is -2.80. The molecule has 0 spiro atoms. The van der Waals surface area contributed by atoms with Gasteiger partial charge < -0.3 is 5.32 Å². The van der Waals surface area contributed by atoms with Crippen molar-refractivity contribution in [3.05, 3.63) is 106 Å². The molecule has 2 atom stereocenters. The third kappa shape index (κ3) is 5.89. The summed E-state index contributed by atoms with van der Waals surface area (Å²) in [5.74, 6) is 1.05. The van der Waals surface area contributed by atoms with E-state index in [9.17, 15) is 4.79 Å². The number of hydrogen-bond donors (Lipinski definition) is 1. The smallest absolute Gasteiger partial charge is 0.243 e. The molecule has 1 aromatic heterocycles. The molecule has 4 rings (SSSR count). The highest BCUT2D eigenvalue weighted by Gasteiger charge is 2.25. The van der Waals surface area contributed by atoms with Gasteiger partial charge in [-0.25, -0.2) is 0 Å². The molecule has 35 heavy (non-hydrogen) atoms. The maximum absolute atomic E-state index is 12.9. The first-order valence-corrected chi connectivity index (χ1v) is 13.0. The van der Waals surface area contributed by atoms with Crippen LogP contribution in [0.15, 0.2) is 78.0 Å². The van der Waals surface area contributed by atoms with Crippen LogP contribution in [0, 0.1) is 13.8 Å². The minimum absolute atomic E-state index is 0.295. The maximum Gasteiger partial charge on any atom is 0.243 e. The molecule has 3 aromatic carbocycles. The van der Waals surface area contributed by atoms with E-state index in [1.807, 2.05) is 79.1 Å². The first kappa shape index (κ1) is 25.3. The number of aromatic nitrogens is 3. The second-order valence-electron chi connectivity index (χ2n) is 8.33. The molecule has 1 N–H and O–H groups in total. The topological polar surface area (TPSA) is 59.8 Å². The van der Waals surface area contributed by atoms with Gasteiger partial charge in [0.1, 0.15) is 5.38 Å². The zero-order valence-corrected chi connectivity index (χ0v) is 22.0. The average Bonchev–Trinajstić information content (AvgIpc) is 3.29. The van der Waals surface area contributed by atoms with Crippen LogP contribution in [0.3, 0.4) is 0 Å². The SMILES string of the molecule is Cc1ccccc1CSc1nnc(C(C)NC(=O)C(Cl)c2ccccc2)n1-c1cc(Cl)ccc1C. The molecule has 5 nitrogen and oxygen atoms in total. The molecular formula is C27H26Cl2N4OS. The van der Waals surface area contributed by atoms with Gasteiger partial charge in [-0.2, -0.15) is 0 Å². The summed E-state index contributed by atoms with van der Waals surface area (Å²) in [5, 5.41) is 12.5. The van der Waals surface area contributed by atoms with Crippen molar-refractivity contribution >= 4 is 40.9 Å². The molecule has 2 unspecified atom stereocenters. The van der Waals surface area contributed by atoms with E-state index in [-0.39, 0.29) is 5.91 Å². The van der Waals surface area contributed by atoms with Gasteiger partial charge in [-0.15, -0.1) is 21.8 Å². The number of aryl methyl sites for hydroxylation is 2. The van der Waals surface area contributed by atoms with Crippen LogP contribution in [0.25, 0.3) is 5.69 Å². The number of nitrogens with zero attached hydrogens (tertiary/aromatic N) is 3. The van der Waals surface area contributed by atoms with Crippen LogP contribution < -0.4 is 5.32 Å². The number of benzene rings is 3. The number of alkyl halides is 1. The first-order chi connectivity index (χ1) is 16.8. The summed E-state index contributed by atoms with van der Waals surface area (Å²) in [6.45, 7) is 5.99. The molecular weight excluding hydrogens is 499 g/mol. The molecule has 0 aliphatic rings. The molecule has 0 aliphatic heterocycles. The highest BCUT2D eigenvalue weighted by molar-refractivity contribution is 7.98. The highest BCUT2D eigenvalue weighted by atomic mass is 35.5. The number of rotatable bonds is 8. The van der Waals surface area contributed by atoms with E-state index in [0.717, 1.165) is 27.7 Å². The lowest BCUT2D eigenvalue weighted by Gasteiger charge is -2.19. The molecule has 0 fully saturated rings. The fraction of sp³-hybridized carbons (Fsp3) is 0.222. The summed E-state index contributed by atoms with van der Waals surface area (Å²) in [5.41, 5.74) is 5.08. The minimum Gasteiger partial charge on any atom is -0.345 e. The van der Waals surface area contributed by atoms with E-state index in [2.05, 4.69) is 34.6 Å². The fourth-order valence-electron chi connectivity index (χ4n) is 3.74. The Kier molecular flexibility index (Phi) is 8.16. The predicted molar refractivity (Wildman–Crippen MR) is 143 cm³/mol. The molecule has 4 aromatic rings. The predicted octanol–water partition coefficient (Wildman–Crippen LogP) is 6.99. The van der Waals surface area contributed by atoms with Crippen molar-refractivity contribution in [3.8, 4) is 5.69 Å². The molecule has 1 amide bonds. The van der Waals surface area contributed by atoms with E-state index >= 15 is 0 Å². The number of carbonyl (C=O) groups excluding carboxylic acids is 1. The number of thioether (sulfide) groups is 1. The highest BCUT2D eigenvalue weighted by Crippen LogP contribution is 2.31. The monoisotopic (exact) mass is 524 g/mol. The number of hydrogen-bond acceptors (Lipinski definition) is 4. The Bertz CT molecular complexity index is 1330. The quantitative estimate of drug-likeness (QED) is 0.199. The van der Waals surface area contributed by atoms with E-state index in [1.54, 1.807) is 11.8 Å². The largest absolute Gasteiger partial charge is 0.345 e. The molecule has 0 aliphatic carbocycles. The van der Waals surface area contributed by atoms with Crippen molar-refractivity contribution in [1.82, 2.24) is 20.1 Å². The van der Waals surface area contributed by atoms with Gasteiger partial charge in [0.25, 0.3) is 0 Å². The second-order valence-corrected chi connectivity index (χ2v) is 10.1. The maximum atomic E-state index is 12.9. The zero-order valence-electron chi connectivity index (χ0n) is 19.7. The second kappa shape index (κ2) is 11.3. The van der Waals surface area contributed by atoms with Gasteiger partial charge in [0.05, 0.1) is 11.7 Å². The summed E-state index contributed by atoms with van der Waals surface area (Å²) in [7, 11) is 0. The lowest BCUT2D eigenvalue weighted by molar-refractivity contribution is -0.121. The van der Waals surface area contributed by atoms with Gasteiger partial charge in [0, 0.05) is 10.8 Å². The molecule has 180 valence electrons. The molecule has 0 radical (unpaired) electrons. The standard InChI is InChI=1S/C27H26Cl2N4OS/c1-17-9-7-8-12-21(17)16-35-27-32-31-25(33(27)23-15-22(28)14-13-18(23)2)19(3)30-26(34)24(29)20-10-5-4-6-11-20/h4-15,19,24H,16H2,1-3H3,(H,30,34). The summed E-state index contributed by atoms with van der Waals surface area (Å²) >= 11 is 14.4. The van der Waals surface area contributed by atoms with Crippen LogP contribution in [-0.2, 0) is 10.5 Å². The van der Waals surface area contributed by atoms with Crippen LogP contribution in [-0.4, -0.2) is 20.7 Å². The Morgan fingerprint density at radius 3 is 2.46 bits per heavy atom. The van der Waals surface area contributed by atoms with Gasteiger partial charge in [0.15, 0.2) is 11.0 Å². The number of nitrogens with one attached hydrogen (secondary N) is 1. The van der Waals surface area contributed by atoms with Crippen LogP contribution in [0.2, 0.25) is 5.02 Å². The van der Waals surface area contributed by atoms with Crippen molar-refractivity contribution in [2.45, 2.75) is 43.1 Å². The normalized spacial score (nSPS) is 12.8. The van der Waals surface area contributed by atoms with Gasteiger partial charge in [-0.1, -0.05) is 84.0 Å². The van der Waals surface area contributed by atoms with Crippen LogP contribution in [0.5, 0.6) is 0 Å². The van der Waals surface area contributed by atoms with Gasteiger partial charge in [0.2, 0.25) is 5.91 Å². The van der Waals surface area contributed by atoms with Crippen molar-refractivity contribution in [1.29, 1.82) is 0 Å². The van der Waals surface area contributed by atoms with E-state index < -0.39 is 11.4 Å². The van der Waals surface area contributed by atoms with Crippen LogP contribution >= 0.6 is 35.0 Å². The minimum atomic E-state index is -0.808. The summed E-state index contributed by atoms with van der Waals surface area (Å²) in [6, 6.07) is 22.8. The molecule has 1 heterocycles. The van der Waals surface area contributed by atoms with Gasteiger partial charge in [-0.05, 0) is 55.2 Å². The Balaban J connectivity index is 1.65. The molecule has 0 saturated carbocycles. The lowest BCUT2D eigenvalue weighted by atomic mass is 10.1. The van der Waals surface area contributed by atoms with Crippen molar-refractivity contribution in [2.75, 3.05) is 0 Å². The van der Waals surface area contributed by atoms with Crippen LogP contribution in [0.4, 0.5) is 0 Å². The zero-order chi connectivity index (χ0) is 24.9. The van der Waals surface area contributed by atoms with E-state index in [0.29, 0.717) is 10.8 Å². The summed E-state index contributed by atoms with van der Waals surface area (Å²) in [4.78, 5) is 12.9. The van der Waals surface area contributed by atoms with Crippen molar-refractivity contribution in [3.63, 3.8) is 0 Å². The summed E-state index contributed by atoms with van der Waals surface area (Å²) in [6.07, 6.45) is 0. The number of halogens is 2. The summed E-state index contributed by atoms with van der Waals surface area (Å²) < 4.78 is 1.97. The lowest BCUT2D eigenvalue weighted by Crippen LogP contribution is -2.31. The third-order valence-electron chi connectivity index (χ3n) is 5.76. The van der Waals surface area contributed by atoms with Crippen molar-refractivity contribution in [2.24, 2.45) is 0 Å². The molecule has 0 saturated heterocycles. The van der Waals surface area contributed by atoms with Gasteiger partial charge >= 0.3 is 0 Å². The first-order valence-electron chi connectivity index (χ1n) is 11.2. The third-order valence-corrected chi connectivity index (χ3v) is 7.42. The Morgan fingerprint density at radius 2 is 1.71 bits per heavy atom. The van der Waals surface area contributed by atoms with Crippen molar-refractivity contribution < 1.29 is 4.79 Å². The number of amides is 1. The van der Waals surface area contributed by atoms with E-state index in [4.69, 9.17) is 23.2 Å². The molecule has 0 bridgehead atoms. The van der Waals surface area contributed by atoms with Crippen LogP contribution in [0.1, 0.15) is 46.4 Å². The number of carbonyl (C=O) groups is 1. The Morgan fingerprint density at radius 1 is 1.00 bits per heavy atom. The van der Waals surface area contributed by atoms with Gasteiger partial charge in [-0.3, -0.25) is 9.36 Å². The van der Waals surface area contributed by atoms with E-state index in [1.165, 1.54) is 11.1 Å². The average molecular weight is 526 g/mol. The Labute approximate surface area is 219 Å².